The number of halogens is 2. The minimum atomic E-state index is 0. The maximum atomic E-state index is 3.29. The van der Waals surface area contributed by atoms with Crippen LogP contribution in [-0.4, -0.2) is 0 Å². The summed E-state index contributed by atoms with van der Waals surface area (Å²) in [4.78, 5) is 0. The molecule has 0 atom stereocenters. The maximum absolute atomic E-state index is 3.29. The van der Waals surface area contributed by atoms with E-state index in [9.17, 15) is 0 Å². The zero-order valence-electron chi connectivity index (χ0n) is 7.69. The van der Waals surface area contributed by atoms with Crippen LogP contribution in [0.3, 0.4) is 0 Å². The van der Waals surface area contributed by atoms with Gasteiger partial charge in [0.05, 0.1) is 0 Å². The van der Waals surface area contributed by atoms with Gasteiger partial charge in [0.15, 0.2) is 0 Å². The molecule has 2 aliphatic carbocycles. The molecule has 2 aliphatic rings. The monoisotopic (exact) mass is 392 g/mol. The van der Waals surface area contributed by atoms with Crippen LogP contribution >= 0.6 is 0 Å². The third-order valence-corrected chi connectivity index (χ3v) is 1.91. The van der Waals surface area contributed by atoms with Gasteiger partial charge in [-0.1, -0.05) is 6.42 Å². The Hall–Kier alpha value is 0.410. The molecule has 0 amide bonds. The molecule has 0 nitrogen and oxygen atoms in total. The van der Waals surface area contributed by atoms with Crippen molar-refractivity contribution < 1.29 is 50.7 Å². The van der Waals surface area contributed by atoms with E-state index in [1.165, 1.54) is 11.1 Å². The van der Waals surface area contributed by atoms with Crippen molar-refractivity contribution in [1.82, 2.24) is 0 Å². The molecule has 0 aromatic rings. The summed E-state index contributed by atoms with van der Waals surface area (Å²) < 4.78 is 0. The number of hydrogen-bond donors (Lipinski definition) is 0. The molecule has 0 fully saturated rings. The van der Waals surface area contributed by atoms with Gasteiger partial charge in [0.1, 0.15) is 0 Å². The molecule has 14 heavy (non-hydrogen) atoms. The fourth-order valence-electron chi connectivity index (χ4n) is 1.35. The van der Waals surface area contributed by atoms with Crippen LogP contribution in [0.15, 0.2) is 35.5 Å². The average Bonchev–Trinajstić information content (AvgIpc) is 2.60. The molecule has 0 heterocycles. The van der Waals surface area contributed by atoms with E-state index in [0.29, 0.717) is 0 Å². The van der Waals surface area contributed by atoms with E-state index in [0.717, 1.165) is 19.3 Å². The van der Waals surface area contributed by atoms with Gasteiger partial charge in [-0.15, -0.1) is 12.8 Å². The van der Waals surface area contributed by atoms with Gasteiger partial charge in [-0.25, -0.2) is 23.3 Å². The normalized spacial score (nSPS) is 16.3. The van der Waals surface area contributed by atoms with Crippen molar-refractivity contribution in [2.45, 2.75) is 19.3 Å². The molecule has 3 heteroatoms. The minimum Gasteiger partial charge on any atom is -1.00 e. The van der Waals surface area contributed by atoms with Gasteiger partial charge in [0.2, 0.25) is 0 Å². The Morgan fingerprint density at radius 1 is 0.929 bits per heavy atom. The summed E-state index contributed by atoms with van der Waals surface area (Å²) in [7, 11) is 0. The second-order valence-corrected chi connectivity index (χ2v) is 2.79. The molecule has 0 radical (unpaired) electrons. The van der Waals surface area contributed by atoms with E-state index in [-0.39, 0.29) is 50.7 Å². The predicted molar refractivity (Wildman–Crippen MR) is 45.6 cm³/mol. The van der Waals surface area contributed by atoms with Crippen LogP contribution < -0.4 is 24.8 Å². The van der Waals surface area contributed by atoms with Crippen LogP contribution in [0.1, 0.15) is 19.3 Å². The molecule has 0 N–H and O–H groups in total. The van der Waals surface area contributed by atoms with Gasteiger partial charge in [-0.05, 0) is 0 Å². The SMILES string of the molecule is [C-]1=C(CC2=[C-]CC=C2)C=CC1.[Cl-].[Cl-].[Hf+4]. The first kappa shape index (κ1) is 16.8. The molecular weight excluding hydrogens is 382 g/mol. The fourth-order valence-corrected chi connectivity index (χ4v) is 1.35. The van der Waals surface area contributed by atoms with E-state index >= 15 is 0 Å². The van der Waals surface area contributed by atoms with Gasteiger partial charge < -0.3 is 24.8 Å². The van der Waals surface area contributed by atoms with Gasteiger partial charge in [-0.2, -0.15) is 12.2 Å². The van der Waals surface area contributed by atoms with Crippen LogP contribution in [0, 0.1) is 12.2 Å². The summed E-state index contributed by atoms with van der Waals surface area (Å²) in [6, 6.07) is 0. The Labute approximate surface area is 117 Å². The van der Waals surface area contributed by atoms with E-state index in [2.05, 4.69) is 36.5 Å². The maximum Gasteiger partial charge on any atom is 4.00 e. The van der Waals surface area contributed by atoms with Gasteiger partial charge in [0.25, 0.3) is 0 Å². The third kappa shape index (κ3) is 4.77. The molecule has 0 aromatic heterocycles. The Morgan fingerprint density at radius 2 is 1.36 bits per heavy atom. The standard InChI is InChI=1S/C11H10.2ClH.Hf/c1-2-6-10(5-1)9-11-7-3-4-8-11;;;/h1,3,5,7H,2,4,9H2;2*1H;/q-2;;;+4/p-2. The van der Waals surface area contributed by atoms with Crippen LogP contribution in [0.2, 0.25) is 0 Å². The minimum absolute atomic E-state index is 0. The second kappa shape index (κ2) is 8.70. The smallest absolute Gasteiger partial charge is 1.00 e. The Morgan fingerprint density at radius 3 is 1.64 bits per heavy atom. The zero-order valence-corrected chi connectivity index (χ0v) is 12.8. The molecule has 0 aromatic carbocycles. The summed E-state index contributed by atoms with van der Waals surface area (Å²) in [6.45, 7) is 0. The Bertz CT molecular complexity index is 247. The number of hydrogen-bond acceptors (Lipinski definition) is 0. The van der Waals surface area contributed by atoms with Crippen LogP contribution in [0.5, 0.6) is 0 Å². The van der Waals surface area contributed by atoms with Crippen LogP contribution in [-0.2, 0) is 25.8 Å². The largest absolute Gasteiger partial charge is 4.00 e. The topological polar surface area (TPSA) is 0 Å². The predicted octanol–water partition coefficient (Wildman–Crippen LogP) is -3.24. The number of rotatable bonds is 2. The van der Waals surface area contributed by atoms with Crippen molar-refractivity contribution >= 4 is 0 Å². The van der Waals surface area contributed by atoms with Crippen molar-refractivity contribution in [1.29, 1.82) is 0 Å². The quantitative estimate of drug-likeness (QED) is 0.343. The summed E-state index contributed by atoms with van der Waals surface area (Å²) in [5.74, 6) is 0. The van der Waals surface area contributed by atoms with E-state index in [1.54, 1.807) is 0 Å². The van der Waals surface area contributed by atoms with E-state index < -0.39 is 0 Å². The molecule has 0 aliphatic heterocycles. The molecule has 0 saturated heterocycles. The Balaban J connectivity index is 0. The first-order valence-corrected chi connectivity index (χ1v) is 3.97. The first-order valence-electron chi connectivity index (χ1n) is 3.97. The average molecular weight is 392 g/mol. The molecule has 72 valence electrons. The Kier molecular flexibility index (Phi) is 10.5. The molecular formula is C11H10Cl2Hf. The van der Waals surface area contributed by atoms with Gasteiger partial charge >= 0.3 is 25.8 Å². The molecule has 0 unspecified atom stereocenters. The summed E-state index contributed by atoms with van der Waals surface area (Å²) in [5.41, 5.74) is 2.64. The third-order valence-electron chi connectivity index (χ3n) is 1.91. The zero-order chi connectivity index (χ0) is 7.52. The summed E-state index contributed by atoms with van der Waals surface area (Å²) in [6.07, 6.45) is 18.2. The van der Waals surface area contributed by atoms with Crippen molar-refractivity contribution in [3.63, 3.8) is 0 Å². The molecule has 0 saturated carbocycles. The molecule has 0 spiro atoms. The summed E-state index contributed by atoms with van der Waals surface area (Å²) >= 11 is 0. The van der Waals surface area contributed by atoms with Crippen LogP contribution in [0.25, 0.3) is 0 Å². The van der Waals surface area contributed by atoms with Crippen LogP contribution in [0.4, 0.5) is 0 Å². The van der Waals surface area contributed by atoms with Gasteiger partial charge in [0, 0.05) is 0 Å². The van der Waals surface area contributed by atoms with E-state index in [1.807, 2.05) is 0 Å². The van der Waals surface area contributed by atoms with Gasteiger partial charge in [-0.3, -0.25) is 12.2 Å². The molecule has 0 bridgehead atoms. The first-order chi connectivity index (χ1) is 5.45. The van der Waals surface area contributed by atoms with E-state index in [4.69, 9.17) is 0 Å². The van der Waals surface area contributed by atoms with Crippen molar-refractivity contribution in [3.8, 4) is 0 Å². The number of allylic oxidation sites excluding steroid dienone is 8. The second-order valence-electron chi connectivity index (χ2n) is 2.79. The molecule has 2 rings (SSSR count). The van der Waals surface area contributed by atoms with Crippen molar-refractivity contribution in [2.24, 2.45) is 0 Å². The van der Waals surface area contributed by atoms with Crippen molar-refractivity contribution in [3.05, 3.63) is 47.6 Å². The summed E-state index contributed by atoms with van der Waals surface area (Å²) in [5, 5.41) is 0. The fraction of sp³-hybridized carbons (Fsp3) is 0.273. The van der Waals surface area contributed by atoms with Crippen molar-refractivity contribution in [2.75, 3.05) is 0 Å².